The summed E-state index contributed by atoms with van der Waals surface area (Å²) in [4.78, 5) is 10.0. The zero-order valence-corrected chi connectivity index (χ0v) is 6.49. The molecule has 0 N–H and O–H groups in total. The molecule has 0 amide bonds. The van der Waals surface area contributed by atoms with Gasteiger partial charge < -0.3 is 0 Å². The predicted molar refractivity (Wildman–Crippen MR) is 42.9 cm³/mol. The smallest absolute Gasteiger partial charge is 0.150 e. The summed E-state index contributed by atoms with van der Waals surface area (Å²) in [7, 11) is 0. The lowest BCUT2D eigenvalue weighted by Gasteiger charge is -1.81. The molecule has 0 aromatic heterocycles. The lowest BCUT2D eigenvalue weighted by molar-refractivity contribution is 0.112. The van der Waals surface area contributed by atoms with Crippen LogP contribution in [0.2, 0.25) is 0 Å². The Morgan fingerprint density at radius 3 is 2.00 bits per heavy atom. The van der Waals surface area contributed by atoms with Crippen LogP contribution in [0.25, 0.3) is 0 Å². The standard InChI is InChI=1S/C7H6O.H3P/c8-6-7-4-2-1-3-5-7;/h1-6H;1H3. The molecule has 1 unspecified atom stereocenters. The molecule has 0 aliphatic heterocycles. The normalized spacial score (nSPS) is 7.56. The van der Waals surface area contributed by atoms with Crippen molar-refractivity contribution in [3.63, 3.8) is 0 Å². The fourth-order valence-electron chi connectivity index (χ4n) is 0.532. The van der Waals surface area contributed by atoms with Crippen LogP contribution in [0.5, 0.6) is 0 Å². The number of hydrogen-bond donors (Lipinski definition) is 0. The molecule has 1 atom stereocenters. The summed E-state index contributed by atoms with van der Waals surface area (Å²) in [6.45, 7) is 0. The van der Waals surface area contributed by atoms with Gasteiger partial charge in [0.2, 0.25) is 0 Å². The van der Waals surface area contributed by atoms with E-state index in [9.17, 15) is 4.79 Å². The van der Waals surface area contributed by atoms with Crippen LogP contribution in [-0.2, 0) is 0 Å². The number of hydrogen-bond acceptors (Lipinski definition) is 1. The molecule has 0 aliphatic carbocycles. The largest absolute Gasteiger partial charge is 0.298 e. The summed E-state index contributed by atoms with van der Waals surface area (Å²) < 4.78 is 0. The summed E-state index contributed by atoms with van der Waals surface area (Å²) in [5.41, 5.74) is 0.729. The van der Waals surface area contributed by atoms with Crippen molar-refractivity contribution in [3.8, 4) is 0 Å². The maximum absolute atomic E-state index is 10.0. The molecule has 0 saturated heterocycles. The van der Waals surface area contributed by atoms with Crippen molar-refractivity contribution in [1.29, 1.82) is 0 Å². The Balaban J connectivity index is 0.000000640. The summed E-state index contributed by atoms with van der Waals surface area (Å²) in [6, 6.07) is 9.10. The van der Waals surface area contributed by atoms with Gasteiger partial charge in [-0.25, -0.2) is 0 Å². The highest BCUT2D eigenvalue weighted by molar-refractivity contribution is 6.92. The minimum atomic E-state index is 0. The molecule has 1 aromatic carbocycles. The fourth-order valence-corrected chi connectivity index (χ4v) is 0.532. The third-order valence-electron chi connectivity index (χ3n) is 0.936. The number of rotatable bonds is 1. The van der Waals surface area contributed by atoms with Gasteiger partial charge in [-0.15, -0.1) is 0 Å². The van der Waals surface area contributed by atoms with Gasteiger partial charge >= 0.3 is 0 Å². The highest BCUT2D eigenvalue weighted by atomic mass is 31.0. The average Bonchev–Trinajstić information content (AvgIpc) is 1.90. The van der Waals surface area contributed by atoms with Crippen molar-refractivity contribution >= 4 is 16.2 Å². The van der Waals surface area contributed by atoms with E-state index in [2.05, 4.69) is 0 Å². The maximum atomic E-state index is 10.0. The minimum absolute atomic E-state index is 0. The highest BCUT2D eigenvalue weighted by Crippen LogP contribution is 1.91. The highest BCUT2D eigenvalue weighted by Gasteiger charge is 1.79. The van der Waals surface area contributed by atoms with E-state index >= 15 is 0 Å². The monoisotopic (exact) mass is 140 g/mol. The molecule has 1 nitrogen and oxygen atoms in total. The molecule has 0 spiro atoms. The van der Waals surface area contributed by atoms with Gasteiger partial charge in [-0.1, -0.05) is 30.3 Å². The summed E-state index contributed by atoms with van der Waals surface area (Å²) in [5.74, 6) is 0. The molecule has 48 valence electrons. The van der Waals surface area contributed by atoms with Crippen LogP contribution >= 0.6 is 9.90 Å². The average molecular weight is 140 g/mol. The van der Waals surface area contributed by atoms with Gasteiger partial charge in [0.25, 0.3) is 0 Å². The molecule has 0 heterocycles. The van der Waals surface area contributed by atoms with Gasteiger partial charge in [-0.2, -0.15) is 9.90 Å². The first-order valence-electron chi connectivity index (χ1n) is 2.44. The van der Waals surface area contributed by atoms with Gasteiger partial charge in [-0.05, 0) is 0 Å². The Morgan fingerprint density at radius 2 is 1.67 bits per heavy atom. The van der Waals surface area contributed by atoms with E-state index in [0.29, 0.717) is 0 Å². The number of carbonyl (C=O) groups is 1. The molecule has 1 aromatic rings. The lowest BCUT2D eigenvalue weighted by atomic mass is 10.2. The molecular weight excluding hydrogens is 131 g/mol. The maximum Gasteiger partial charge on any atom is 0.150 e. The summed E-state index contributed by atoms with van der Waals surface area (Å²) in [6.07, 6.45) is 0.833. The van der Waals surface area contributed by atoms with Crippen LogP contribution < -0.4 is 0 Å². The summed E-state index contributed by atoms with van der Waals surface area (Å²) >= 11 is 0. The summed E-state index contributed by atoms with van der Waals surface area (Å²) in [5, 5.41) is 0. The van der Waals surface area contributed by atoms with Crippen molar-refractivity contribution in [2.24, 2.45) is 0 Å². The molecule has 0 radical (unpaired) electrons. The molecule has 1 rings (SSSR count). The Morgan fingerprint density at radius 1 is 1.11 bits per heavy atom. The first kappa shape index (κ1) is 8.32. The van der Waals surface area contributed by atoms with Crippen molar-refractivity contribution < 1.29 is 4.79 Å². The first-order valence-corrected chi connectivity index (χ1v) is 2.44. The van der Waals surface area contributed by atoms with E-state index < -0.39 is 0 Å². The van der Waals surface area contributed by atoms with Crippen molar-refractivity contribution in [2.45, 2.75) is 0 Å². The topological polar surface area (TPSA) is 17.1 Å². The van der Waals surface area contributed by atoms with Crippen LogP contribution in [0.4, 0.5) is 0 Å². The van der Waals surface area contributed by atoms with E-state index in [1.165, 1.54) is 0 Å². The van der Waals surface area contributed by atoms with Crippen molar-refractivity contribution in [3.05, 3.63) is 35.9 Å². The third kappa shape index (κ3) is 2.39. The van der Waals surface area contributed by atoms with Crippen LogP contribution in [0.15, 0.2) is 30.3 Å². The molecule has 0 bridgehead atoms. The van der Waals surface area contributed by atoms with E-state index in [1.54, 1.807) is 12.1 Å². The number of aldehydes is 1. The molecular formula is C7H9OP. The Labute approximate surface area is 57.7 Å². The second-order valence-electron chi connectivity index (χ2n) is 1.53. The van der Waals surface area contributed by atoms with Crippen LogP contribution in [0, 0.1) is 0 Å². The molecule has 9 heavy (non-hydrogen) atoms. The van der Waals surface area contributed by atoms with E-state index in [4.69, 9.17) is 0 Å². The first-order chi connectivity index (χ1) is 3.93. The second-order valence-corrected chi connectivity index (χ2v) is 1.53. The van der Waals surface area contributed by atoms with Crippen LogP contribution in [-0.4, -0.2) is 6.29 Å². The number of carbonyl (C=O) groups excluding carboxylic acids is 1. The zero-order chi connectivity index (χ0) is 5.82. The minimum Gasteiger partial charge on any atom is -0.298 e. The van der Waals surface area contributed by atoms with Crippen LogP contribution in [0.3, 0.4) is 0 Å². The molecule has 0 fully saturated rings. The number of benzene rings is 1. The zero-order valence-electron chi connectivity index (χ0n) is 5.08. The van der Waals surface area contributed by atoms with Crippen molar-refractivity contribution in [2.75, 3.05) is 0 Å². The van der Waals surface area contributed by atoms with Gasteiger partial charge in [0, 0.05) is 5.56 Å². The predicted octanol–water partition coefficient (Wildman–Crippen LogP) is 1.56. The Kier molecular flexibility index (Phi) is 3.90. The van der Waals surface area contributed by atoms with Gasteiger partial charge in [0.05, 0.1) is 0 Å². The van der Waals surface area contributed by atoms with E-state index in [0.717, 1.165) is 11.8 Å². The van der Waals surface area contributed by atoms with Gasteiger partial charge in [-0.3, -0.25) is 4.79 Å². The van der Waals surface area contributed by atoms with E-state index in [-0.39, 0.29) is 9.90 Å². The lowest BCUT2D eigenvalue weighted by Crippen LogP contribution is -1.73. The van der Waals surface area contributed by atoms with Gasteiger partial charge in [0.1, 0.15) is 6.29 Å². The van der Waals surface area contributed by atoms with Gasteiger partial charge in [0.15, 0.2) is 0 Å². The SMILES string of the molecule is O=Cc1ccccc1.P. The van der Waals surface area contributed by atoms with E-state index in [1.807, 2.05) is 18.2 Å². The quantitative estimate of drug-likeness (QED) is 0.427. The molecule has 2 heteroatoms. The Hall–Kier alpha value is -0.680. The fraction of sp³-hybridized carbons (Fsp3) is 0. The second kappa shape index (κ2) is 4.22. The third-order valence-corrected chi connectivity index (χ3v) is 0.936. The van der Waals surface area contributed by atoms with Crippen LogP contribution in [0.1, 0.15) is 10.4 Å². The Bertz CT molecular complexity index is 172. The van der Waals surface area contributed by atoms with Crippen molar-refractivity contribution in [1.82, 2.24) is 0 Å². The molecule has 0 aliphatic rings. The molecule has 0 saturated carbocycles.